The lowest BCUT2D eigenvalue weighted by atomic mass is 10.1. The summed E-state index contributed by atoms with van der Waals surface area (Å²) in [5.41, 5.74) is 3.21. The van der Waals surface area contributed by atoms with E-state index in [1.807, 2.05) is 32.0 Å². The number of ketones is 1. The van der Waals surface area contributed by atoms with Gasteiger partial charge in [-0.1, -0.05) is 30.3 Å². The first kappa shape index (κ1) is 16.6. The molecule has 0 aliphatic carbocycles. The van der Waals surface area contributed by atoms with Crippen molar-refractivity contribution in [3.8, 4) is 0 Å². The van der Waals surface area contributed by atoms with Crippen molar-refractivity contribution in [2.24, 2.45) is 0 Å². The normalized spacial score (nSPS) is 19.8. The van der Waals surface area contributed by atoms with Crippen LogP contribution in [0.1, 0.15) is 39.8 Å². The van der Waals surface area contributed by atoms with Crippen LogP contribution in [0.2, 0.25) is 0 Å². The summed E-state index contributed by atoms with van der Waals surface area (Å²) < 4.78 is 25.2. The summed E-state index contributed by atoms with van der Waals surface area (Å²) in [6, 6.07) is 8.97. The minimum Gasteiger partial charge on any atom is -0.289 e. The molecule has 1 fully saturated rings. The van der Waals surface area contributed by atoms with Crippen LogP contribution in [0.3, 0.4) is 0 Å². The zero-order chi connectivity index (χ0) is 17.3. The van der Waals surface area contributed by atoms with Crippen LogP contribution in [0.15, 0.2) is 36.4 Å². The molecule has 1 aliphatic heterocycles. The van der Waals surface area contributed by atoms with Gasteiger partial charge in [-0.15, -0.1) is 0 Å². The van der Waals surface area contributed by atoms with Crippen molar-refractivity contribution < 1.29 is 13.2 Å². The summed E-state index contributed by atoms with van der Waals surface area (Å²) in [6.07, 6.45) is 3.91. The van der Waals surface area contributed by atoms with Crippen LogP contribution in [-0.2, 0) is 9.84 Å². The molecule has 0 bridgehead atoms. The molecule has 1 saturated heterocycles. The Morgan fingerprint density at radius 3 is 2.58 bits per heavy atom. The number of carbonyl (C=O) groups excluding carboxylic acids is 1. The van der Waals surface area contributed by atoms with Gasteiger partial charge in [0, 0.05) is 16.8 Å². The molecule has 24 heavy (non-hydrogen) atoms. The number of aryl methyl sites for hydroxylation is 1. The van der Waals surface area contributed by atoms with Crippen LogP contribution < -0.4 is 0 Å². The van der Waals surface area contributed by atoms with E-state index in [0.717, 1.165) is 17.0 Å². The molecule has 6 heteroatoms. The summed E-state index contributed by atoms with van der Waals surface area (Å²) >= 11 is 0. The summed E-state index contributed by atoms with van der Waals surface area (Å²) in [4.78, 5) is 12.2. The van der Waals surface area contributed by atoms with Crippen molar-refractivity contribution in [2.45, 2.75) is 26.3 Å². The Morgan fingerprint density at radius 2 is 1.96 bits per heavy atom. The fraction of sp³-hybridized carbons (Fsp3) is 0.333. The molecule has 1 aromatic heterocycles. The number of hydrogen-bond acceptors (Lipinski definition) is 4. The van der Waals surface area contributed by atoms with E-state index in [1.165, 1.54) is 0 Å². The summed E-state index contributed by atoms with van der Waals surface area (Å²) in [5.74, 6) is 0.292. The number of aromatic nitrogens is 2. The monoisotopic (exact) mass is 344 g/mol. The largest absolute Gasteiger partial charge is 0.289 e. The number of nitrogens with zero attached hydrogens (tertiary/aromatic N) is 2. The number of rotatable bonds is 4. The maximum absolute atomic E-state index is 12.2. The number of benzene rings is 1. The number of carbonyl (C=O) groups is 1. The summed E-state index contributed by atoms with van der Waals surface area (Å²) in [5, 5.41) is 4.50. The SMILES string of the molecule is Cc1nn(C2CCS(=O)(=O)C2)c(C)c1C=CC(=O)c1ccccc1. The number of allylic oxidation sites excluding steroid dienone is 1. The summed E-state index contributed by atoms with van der Waals surface area (Å²) in [7, 11) is -2.96. The Morgan fingerprint density at radius 1 is 1.25 bits per heavy atom. The average molecular weight is 344 g/mol. The van der Waals surface area contributed by atoms with Gasteiger partial charge in [0.1, 0.15) is 0 Å². The second-order valence-electron chi connectivity index (χ2n) is 6.15. The van der Waals surface area contributed by atoms with E-state index < -0.39 is 9.84 Å². The fourth-order valence-corrected chi connectivity index (χ4v) is 4.79. The molecule has 2 heterocycles. The van der Waals surface area contributed by atoms with Crippen molar-refractivity contribution in [1.29, 1.82) is 0 Å². The van der Waals surface area contributed by atoms with E-state index in [1.54, 1.807) is 29.0 Å². The molecule has 0 saturated carbocycles. The molecular weight excluding hydrogens is 324 g/mol. The molecule has 0 radical (unpaired) electrons. The van der Waals surface area contributed by atoms with E-state index in [0.29, 0.717) is 12.0 Å². The second kappa shape index (κ2) is 6.36. The van der Waals surface area contributed by atoms with Gasteiger partial charge in [-0.2, -0.15) is 5.10 Å². The maximum Gasteiger partial charge on any atom is 0.185 e. The molecule has 2 aromatic rings. The number of hydrogen-bond donors (Lipinski definition) is 0. The van der Waals surface area contributed by atoms with Crippen molar-refractivity contribution in [2.75, 3.05) is 11.5 Å². The Labute approximate surface area is 141 Å². The van der Waals surface area contributed by atoms with Gasteiger partial charge in [0.2, 0.25) is 0 Å². The quantitative estimate of drug-likeness (QED) is 0.632. The third-order valence-electron chi connectivity index (χ3n) is 4.39. The Bertz CT molecular complexity index is 896. The minimum absolute atomic E-state index is 0.0643. The predicted octanol–water partition coefficient (Wildman–Crippen LogP) is 2.76. The van der Waals surface area contributed by atoms with Crippen LogP contribution in [0.25, 0.3) is 6.08 Å². The van der Waals surface area contributed by atoms with Gasteiger partial charge in [-0.25, -0.2) is 8.42 Å². The van der Waals surface area contributed by atoms with Gasteiger partial charge >= 0.3 is 0 Å². The van der Waals surface area contributed by atoms with Crippen LogP contribution in [0, 0.1) is 13.8 Å². The van der Waals surface area contributed by atoms with Crippen molar-refractivity contribution in [3.63, 3.8) is 0 Å². The van der Waals surface area contributed by atoms with Crippen molar-refractivity contribution in [3.05, 3.63) is 58.9 Å². The van der Waals surface area contributed by atoms with Gasteiger partial charge in [-0.05, 0) is 32.4 Å². The highest BCUT2D eigenvalue weighted by molar-refractivity contribution is 7.91. The molecule has 1 unspecified atom stereocenters. The van der Waals surface area contributed by atoms with Gasteiger partial charge in [0.15, 0.2) is 15.6 Å². The molecule has 3 rings (SSSR count). The highest BCUT2D eigenvalue weighted by Crippen LogP contribution is 2.27. The van der Waals surface area contributed by atoms with Gasteiger partial charge < -0.3 is 0 Å². The molecular formula is C18H20N2O3S. The Hall–Kier alpha value is -2.21. The maximum atomic E-state index is 12.2. The van der Waals surface area contributed by atoms with E-state index in [4.69, 9.17) is 0 Å². The highest BCUT2D eigenvalue weighted by atomic mass is 32.2. The topological polar surface area (TPSA) is 69.0 Å². The Kier molecular flexibility index (Phi) is 4.41. The van der Waals surface area contributed by atoms with Crippen molar-refractivity contribution >= 4 is 21.7 Å². The van der Waals surface area contributed by atoms with E-state index in [2.05, 4.69) is 5.10 Å². The van der Waals surface area contributed by atoms with Crippen LogP contribution >= 0.6 is 0 Å². The predicted molar refractivity (Wildman–Crippen MR) is 93.8 cm³/mol. The smallest absolute Gasteiger partial charge is 0.185 e. The lowest BCUT2D eigenvalue weighted by Gasteiger charge is -2.10. The van der Waals surface area contributed by atoms with Gasteiger partial charge in [0.25, 0.3) is 0 Å². The molecule has 126 valence electrons. The van der Waals surface area contributed by atoms with Crippen molar-refractivity contribution in [1.82, 2.24) is 9.78 Å². The number of sulfone groups is 1. The molecule has 1 atom stereocenters. The van der Waals surface area contributed by atoms with Crippen LogP contribution in [-0.4, -0.2) is 35.5 Å². The molecule has 0 amide bonds. The first-order valence-corrected chi connectivity index (χ1v) is 9.73. The Balaban J connectivity index is 1.85. The molecule has 1 aliphatic rings. The molecule has 5 nitrogen and oxygen atoms in total. The highest BCUT2D eigenvalue weighted by Gasteiger charge is 2.31. The van der Waals surface area contributed by atoms with E-state index in [9.17, 15) is 13.2 Å². The van der Waals surface area contributed by atoms with E-state index in [-0.39, 0.29) is 23.3 Å². The van der Waals surface area contributed by atoms with Crippen LogP contribution in [0.4, 0.5) is 0 Å². The lowest BCUT2D eigenvalue weighted by Crippen LogP contribution is -2.13. The minimum atomic E-state index is -2.96. The van der Waals surface area contributed by atoms with Crippen LogP contribution in [0.5, 0.6) is 0 Å². The average Bonchev–Trinajstić information content (AvgIpc) is 3.05. The third-order valence-corrected chi connectivity index (χ3v) is 6.15. The standard InChI is InChI=1S/C18H20N2O3S/c1-13-17(8-9-18(21)15-6-4-3-5-7-15)14(2)20(19-13)16-10-11-24(22,23)12-16/h3-9,16H,10-12H2,1-2H3. The molecule has 1 aromatic carbocycles. The third kappa shape index (κ3) is 3.33. The summed E-state index contributed by atoms with van der Waals surface area (Å²) in [6.45, 7) is 3.79. The first-order valence-electron chi connectivity index (χ1n) is 7.91. The van der Waals surface area contributed by atoms with E-state index >= 15 is 0 Å². The second-order valence-corrected chi connectivity index (χ2v) is 8.38. The van der Waals surface area contributed by atoms with Gasteiger partial charge in [0.05, 0.1) is 23.2 Å². The first-order chi connectivity index (χ1) is 11.4. The van der Waals surface area contributed by atoms with Gasteiger partial charge in [-0.3, -0.25) is 9.48 Å². The zero-order valence-electron chi connectivity index (χ0n) is 13.8. The molecule has 0 N–H and O–H groups in total. The lowest BCUT2D eigenvalue weighted by molar-refractivity contribution is 0.104. The zero-order valence-corrected chi connectivity index (χ0v) is 14.6. The molecule has 0 spiro atoms. The fourth-order valence-electron chi connectivity index (χ4n) is 3.10.